The summed E-state index contributed by atoms with van der Waals surface area (Å²) in [6.07, 6.45) is -3.99. The highest BCUT2D eigenvalue weighted by atomic mass is 79.9. The summed E-state index contributed by atoms with van der Waals surface area (Å²) in [5.41, 5.74) is -0.742. The van der Waals surface area contributed by atoms with Gasteiger partial charge in [0, 0.05) is 17.6 Å². The first kappa shape index (κ1) is 30.6. The number of rotatable bonds is 5. The maximum absolute atomic E-state index is 13.4. The molecule has 0 atom stereocenters. The van der Waals surface area contributed by atoms with Gasteiger partial charge in [-0.05, 0) is 106 Å². The molecule has 1 saturated heterocycles. The number of alkyl halides is 3. The smallest absolute Gasteiger partial charge is 0.339 e. The van der Waals surface area contributed by atoms with Crippen LogP contribution in [0.3, 0.4) is 0 Å². The normalized spacial score (nSPS) is 16.5. The second-order valence-electron chi connectivity index (χ2n) is 11.0. The van der Waals surface area contributed by atoms with Crippen LogP contribution in [0.1, 0.15) is 63.4 Å². The molecule has 1 fully saturated rings. The zero-order chi connectivity index (χ0) is 28.9. The average Bonchev–Trinajstić information content (AvgIpc) is 2.82. The van der Waals surface area contributed by atoms with E-state index >= 15 is 0 Å². The van der Waals surface area contributed by atoms with Gasteiger partial charge in [0.1, 0.15) is 0 Å². The molecule has 1 aliphatic heterocycles. The van der Waals surface area contributed by atoms with Crippen molar-refractivity contribution in [1.82, 2.24) is 4.90 Å². The molecule has 0 bridgehead atoms. The van der Waals surface area contributed by atoms with E-state index in [0.29, 0.717) is 23.4 Å². The summed E-state index contributed by atoms with van der Waals surface area (Å²) < 4.78 is 89.7. The Balaban J connectivity index is 1.77. The molecule has 1 aliphatic rings. The first-order valence-corrected chi connectivity index (χ1v) is 15.7. The summed E-state index contributed by atoms with van der Waals surface area (Å²) in [7, 11) is -7.73. The number of carbonyl (C=O) groups is 1. The highest BCUT2D eigenvalue weighted by Crippen LogP contribution is 2.40. The molecule has 0 unspecified atom stereocenters. The van der Waals surface area contributed by atoms with Crippen molar-refractivity contribution in [3.63, 3.8) is 0 Å². The first-order chi connectivity index (χ1) is 17.2. The standard InChI is InChI=1S/C26H31BrF3NO5S2/c1-24(2,3)37(33,34)20-9-10-21(22(27)16-20)23(32)31-13-11-17(12-14-31)25(4,5)38(35,36)19-8-6-7-18(15-19)26(28,29)30/h6-10,15-17H,11-14H2,1-5H3. The van der Waals surface area contributed by atoms with Crippen molar-refractivity contribution in [3.8, 4) is 0 Å². The van der Waals surface area contributed by atoms with E-state index in [2.05, 4.69) is 15.9 Å². The third kappa shape index (κ3) is 5.67. The Labute approximate surface area is 230 Å². The number of sulfone groups is 2. The predicted molar refractivity (Wildman–Crippen MR) is 142 cm³/mol. The lowest BCUT2D eigenvalue weighted by molar-refractivity contribution is -0.137. The van der Waals surface area contributed by atoms with Gasteiger partial charge in [-0.25, -0.2) is 16.8 Å². The van der Waals surface area contributed by atoms with Gasteiger partial charge in [-0.15, -0.1) is 0 Å². The SMILES string of the molecule is CC(C)(C)S(=O)(=O)c1ccc(C(=O)N2CCC(C(C)(C)S(=O)(=O)c3cccc(C(F)(F)F)c3)CC2)c(Br)c1. The van der Waals surface area contributed by atoms with Crippen LogP contribution < -0.4 is 0 Å². The minimum Gasteiger partial charge on any atom is -0.339 e. The van der Waals surface area contributed by atoms with E-state index in [0.717, 1.165) is 12.1 Å². The maximum Gasteiger partial charge on any atom is 0.416 e. The summed E-state index contributed by atoms with van der Waals surface area (Å²) in [6, 6.07) is 8.02. The van der Waals surface area contributed by atoms with Gasteiger partial charge >= 0.3 is 6.18 Å². The van der Waals surface area contributed by atoms with E-state index in [9.17, 15) is 34.8 Å². The fourth-order valence-corrected chi connectivity index (χ4v) is 8.25. The van der Waals surface area contributed by atoms with E-state index in [1.807, 2.05) is 0 Å². The molecule has 0 aromatic heterocycles. The number of piperidine rings is 1. The first-order valence-electron chi connectivity index (χ1n) is 12.0. The average molecular weight is 639 g/mol. The Morgan fingerprint density at radius 3 is 1.92 bits per heavy atom. The van der Waals surface area contributed by atoms with Crippen LogP contribution in [0.4, 0.5) is 13.2 Å². The Morgan fingerprint density at radius 1 is 0.868 bits per heavy atom. The number of hydrogen-bond donors (Lipinski definition) is 0. The largest absolute Gasteiger partial charge is 0.416 e. The number of benzene rings is 2. The Morgan fingerprint density at radius 2 is 1.42 bits per heavy atom. The number of likely N-dealkylation sites (tertiary alicyclic amines) is 1. The van der Waals surface area contributed by atoms with Crippen LogP contribution in [0.25, 0.3) is 0 Å². The lowest BCUT2D eigenvalue weighted by Gasteiger charge is -2.40. The number of halogens is 4. The van der Waals surface area contributed by atoms with Crippen molar-refractivity contribution in [3.05, 3.63) is 58.1 Å². The van der Waals surface area contributed by atoms with Crippen molar-refractivity contribution in [2.24, 2.45) is 5.92 Å². The second kappa shape index (κ2) is 10.2. The zero-order valence-corrected chi connectivity index (χ0v) is 25.0. The molecular weight excluding hydrogens is 607 g/mol. The van der Waals surface area contributed by atoms with Crippen molar-refractivity contribution in [1.29, 1.82) is 0 Å². The van der Waals surface area contributed by atoms with Crippen molar-refractivity contribution in [2.75, 3.05) is 13.1 Å². The maximum atomic E-state index is 13.4. The molecule has 210 valence electrons. The molecule has 0 saturated carbocycles. The number of nitrogens with zero attached hydrogens (tertiary/aromatic N) is 1. The van der Waals surface area contributed by atoms with Crippen LogP contribution in [0.5, 0.6) is 0 Å². The molecule has 12 heteroatoms. The third-order valence-electron chi connectivity index (χ3n) is 7.22. The van der Waals surface area contributed by atoms with E-state index < -0.39 is 46.8 Å². The van der Waals surface area contributed by atoms with Crippen LogP contribution in [-0.4, -0.2) is 50.2 Å². The Hall–Kier alpha value is -1.92. The molecular formula is C26H31BrF3NO5S2. The van der Waals surface area contributed by atoms with Gasteiger partial charge in [0.25, 0.3) is 5.91 Å². The number of hydrogen-bond acceptors (Lipinski definition) is 5. The molecule has 3 rings (SSSR count). The van der Waals surface area contributed by atoms with Crippen LogP contribution in [0.15, 0.2) is 56.7 Å². The molecule has 0 spiro atoms. The molecule has 2 aromatic rings. The molecule has 0 radical (unpaired) electrons. The van der Waals surface area contributed by atoms with Crippen LogP contribution >= 0.6 is 15.9 Å². The van der Waals surface area contributed by atoms with Crippen LogP contribution in [0.2, 0.25) is 0 Å². The highest BCUT2D eigenvalue weighted by molar-refractivity contribution is 9.10. The summed E-state index contributed by atoms with van der Waals surface area (Å²) >= 11 is 3.32. The number of amides is 1. The van der Waals surface area contributed by atoms with Crippen LogP contribution in [-0.2, 0) is 25.9 Å². The van der Waals surface area contributed by atoms with Gasteiger partial charge in [-0.1, -0.05) is 6.07 Å². The summed E-state index contributed by atoms with van der Waals surface area (Å²) in [6.45, 7) is 8.29. The molecule has 1 amide bonds. The van der Waals surface area contributed by atoms with Crippen molar-refractivity contribution >= 4 is 41.5 Å². The van der Waals surface area contributed by atoms with E-state index in [1.165, 1.54) is 38.1 Å². The summed E-state index contributed by atoms with van der Waals surface area (Å²) in [5, 5.41) is 0. The fourth-order valence-electron chi connectivity index (χ4n) is 4.50. The summed E-state index contributed by atoms with van der Waals surface area (Å²) in [5.74, 6) is -0.720. The Kier molecular flexibility index (Phi) is 8.25. The predicted octanol–water partition coefficient (Wildman–Crippen LogP) is 6.14. The van der Waals surface area contributed by atoms with Crippen molar-refractivity contribution < 1.29 is 34.8 Å². The molecule has 0 aliphatic carbocycles. The van der Waals surface area contributed by atoms with Gasteiger partial charge in [0.2, 0.25) is 0 Å². The van der Waals surface area contributed by atoms with Gasteiger partial charge in [0.05, 0.1) is 30.4 Å². The van der Waals surface area contributed by atoms with Gasteiger partial charge in [-0.2, -0.15) is 13.2 Å². The molecule has 38 heavy (non-hydrogen) atoms. The molecule has 6 nitrogen and oxygen atoms in total. The fraction of sp³-hybridized carbons (Fsp3) is 0.500. The minimum absolute atomic E-state index is 0.0914. The topological polar surface area (TPSA) is 88.6 Å². The molecule has 2 aromatic carbocycles. The monoisotopic (exact) mass is 637 g/mol. The second-order valence-corrected chi connectivity index (χ2v) is 17.0. The van der Waals surface area contributed by atoms with Crippen molar-refractivity contribution in [2.45, 2.75) is 72.9 Å². The van der Waals surface area contributed by atoms with Gasteiger partial charge in [0.15, 0.2) is 19.7 Å². The zero-order valence-electron chi connectivity index (χ0n) is 21.8. The summed E-state index contributed by atoms with van der Waals surface area (Å²) in [4.78, 5) is 14.5. The van der Waals surface area contributed by atoms with Gasteiger partial charge in [-0.3, -0.25) is 4.79 Å². The van der Waals surface area contributed by atoms with E-state index in [1.54, 1.807) is 25.7 Å². The lowest BCUT2D eigenvalue weighted by atomic mass is 9.85. The van der Waals surface area contributed by atoms with Crippen LogP contribution in [0, 0.1) is 5.92 Å². The molecule has 0 N–H and O–H groups in total. The Bertz CT molecular complexity index is 1440. The third-order valence-corrected chi connectivity index (χ3v) is 13.0. The van der Waals surface area contributed by atoms with E-state index in [-0.39, 0.29) is 34.4 Å². The van der Waals surface area contributed by atoms with E-state index in [4.69, 9.17) is 0 Å². The molecule has 1 heterocycles. The quantitative estimate of drug-likeness (QED) is 0.393. The lowest BCUT2D eigenvalue weighted by Crippen LogP contribution is -2.47. The van der Waals surface area contributed by atoms with Gasteiger partial charge < -0.3 is 4.90 Å². The number of carbonyl (C=O) groups excluding carboxylic acids is 1. The highest BCUT2D eigenvalue weighted by Gasteiger charge is 2.45. The minimum atomic E-state index is -4.66.